The van der Waals surface area contributed by atoms with Crippen LogP contribution < -0.4 is 0 Å². The van der Waals surface area contributed by atoms with E-state index >= 15 is 0 Å². The first-order valence-electron chi connectivity index (χ1n) is 2.31. The van der Waals surface area contributed by atoms with Gasteiger partial charge in [0.05, 0.1) is 0 Å². The Kier molecular flexibility index (Phi) is 1.73. The van der Waals surface area contributed by atoms with Gasteiger partial charge < -0.3 is 9.66 Å². The van der Waals surface area contributed by atoms with Gasteiger partial charge in [-0.1, -0.05) is 12.2 Å². The van der Waals surface area contributed by atoms with Crippen molar-refractivity contribution in [1.82, 2.24) is 0 Å². The van der Waals surface area contributed by atoms with Crippen molar-refractivity contribution in [3.05, 3.63) is 23.6 Å². The van der Waals surface area contributed by atoms with Crippen LogP contribution in [0.15, 0.2) is 23.6 Å². The lowest BCUT2D eigenvalue weighted by Crippen LogP contribution is -2.01. The number of rotatable bonds is 0. The molecule has 0 bridgehead atoms. The molecule has 1 heterocycles. The zero-order valence-corrected chi connectivity index (χ0v) is 5.12. The van der Waals surface area contributed by atoms with Gasteiger partial charge in [-0.15, -0.1) is 11.2 Å². The standard InChI is InChI=1S/C5H8O2S/c6-5-3-1-2-4-8(5)7/h1-8H. The van der Waals surface area contributed by atoms with Crippen molar-refractivity contribution >= 4 is 11.2 Å². The number of aliphatic hydroxyl groups is 1. The molecule has 2 nitrogen and oxygen atoms in total. The SMILES string of the molecule is OC1C=CC=C[SH]1O. The van der Waals surface area contributed by atoms with Crippen LogP contribution in [-0.4, -0.2) is 15.1 Å². The topological polar surface area (TPSA) is 40.5 Å². The van der Waals surface area contributed by atoms with Gasteiger partial charge in [0.1, 0.15) is 5.44 Å². The third-order valence-electron chi connectivity index (χ3n) is 0.904. The zero-order chi connectivity index (χ0) is 5.98. The van der Waals surface area contributed by atoms with Crippen molar-refractivity contribution in [1.29, 1.82) is 0 Å². The first kappa shape index (κ1) is 5.88. The van der Waals surface area contributed by atoms with Crippen LogP contribution in [0.4, 0.5) is 0 Å². The Morgan fingerprint density at radius 1 is 1.38 bits per heavy atom. The van der Waals surface area contributed by atoms with E-state index in [1.807, 2.05) is 0 Å². The smallest absolute Gasteiger partial charge is 0.124 e. The number of hydrogen-bond donors (Lipinski definition) is 3. The molecule has 0 aromatic heterocycles. The predicted octanol–water partition coefficient (Wildman–Crippen LogP) is 0.862. The van der Waals surface area contributed by atoms with Gasteiger partial charge in [0.25, 0.3) is 0 Å². The van der Waals surface area contributed by atoms with E-state index in [-0.39, 0.29) is 0 Å². The van der Waals surface area contributed by atoms with Gasteiger partial charge in [-0.3, -0.25) is 0 Å². The molecule has 0 saturated carbocycles. The fourth-order valence-electron chi connectivity index (χ4n) is 0.478. The molecule has 1 aliphatic rings. The van der Waals surface area contributed by atoms with Gasteiger partial charge in [-0.2, -0.15) is 0 Å². The zero-order valence-electron chi connectivity index (χ0n) is 4.23. The maximum absolute atomic E-state index is 8.85. The Hall–Kier alpha value is -0.250. The number of aliphatic hydroxyl groups excluding tert-OH is 1. The highest BCUT2D eigenvalue weighted by atomic mass is 32.2. The monoisotopic (exact) mass is 132 g/mol. The van der Waals surface area contributed by atoms with Gasteiger partial charge in [0.15, 0.2) is 0 Å². The molecule has 0 amide bonds. The van der Waals surface area contributed by atoms with Crippen LogP contribution in [0.1, 0.15) is 0 Å². The Balaban J connectivity index is 2.59. The molecule has 0 spiro atoms. The Morgan fingerprint density at radius 3 is 2.50 bits per heavy atom. The first-order valence-corrected chi connectivity index (χ1v) is 3.74. The highest BCUT2D eigenvalue weighted by Gasteiger charge is 2.05. The summed E-state index contributed by atoms with van der Waals surface area (Å²) in [6, 6.07) is 0. The minimum atomic E-state index is -1.26. The highest BCUT2D eigenvalue weighted by Crippen LogP contribution is 2.29. The van der Waals surface area contributed by atoms with E-state index in [0.717, 1.165) is 0 Å². The van der Waals surface area contributed by atoms with Crippen molar-refractivity contribution < 1.29 is 9.66 Å². The fraction of sp³-hybridized carbons (Fsp3) is 0.200. The lowest BCUT2D eigenvalue weighted by molar-refractivity contribution is 0.299. The van der Waals surface area contributed by atoms with E-state index in [0.29, 0.717) is 0 Å². The fourth-order valence-corrected chi connectivity index (χ4v) is 1.21. The molecule has 8 heavy (non-hydrogen) atoms. The van der Waals surface area contributed by atoms with Crippen molar-refractivity contribution in [2.24, 2.45) is 0 Å². The summed E-state index contributed by atoms with van der Waals surface area (Å²) in [5, 5.41) is 10.4. The van der Waals surface area contributed by atoms with E-state index in [2.05, 4.69) is 0 Å². The first-order chi connectivity index (χ1) is 3.80. The second-order valence-electron chi connectivity index (χ2n) is 1.52. The number of hydrogen-bond acceptors (Lipinski definition) is 2. The lowest BCUT2D eigenvalue weighted by atomic mass is 10.5. The summed E-state index contributed by atoms with van der Waals surface area (Å²) in [5.74, 6) is 0. The van der Waals surface area contributed by atoms with Gasteiger partial charge in [-0.05, 0) is 11.5 Å². The molecular formula is C5H8O2S. The van der Waals surface area contributed by atoms with Crippen LogP contribution in [0.3, 0.4) is 0 Å². The van der Waals surface area contributed by atoms with Crippen LogP contribution in [0.2, 0.25) is 0 Å². The molecular weight excluding hydrogens is 124 g/mol. The summed E-state index contributed by atoms with van der Waals surface area (Å²) in [4.78, 5) is 0. The molecule has 0 fully saturated rings. The molecule has 3 heteroatoms. The summed E-state index contributed by atoms with van der Waals surface area (Å²) in [5.41, 5.74) is -0.644. The second-order valence-corrected chi connectivity index (χ2v) is 3.11. The van der Waals surface area contributed by atoms with Gasteiger partial charge in [0.2, 0.25) is 0 Å². The van der Waals surface area contributed by atoms with Crippen LogP contribution >= 0.6 is 11.2 Å². The van der Waals surface area contributed by atoms with Crippen LogP contribution in [0, 0.1) is 0 Å². The van der Waals surface area contributed by atoms with E-state index in [1.165, 1.54) is 0 Å². The maximum Gasteiger partial charge on any atom is 0.124 e. The van der Waals surface area contributed by atoms with E-state index < -0.39 is 16.6 Å². The van der Waals surface area contributed by atoms with Crippen molar-refractivity contribution in [2.75, 3.05) is 0 Å². The molecule has 0 aliphatic carbocycles. The normalized spacial score (nSPS) is 40.2. The van der Waals surface area contributed by atoms with Crippen LogP contribution in [0.25, 0.3) is 0 Å². The van der Waals surface area contributed by atoms with Crippen LogP contribution in [0.5, 0.6) is 0 Å². The third kappa shape index (κ3) is 1.12. The number of allylic oxidation sites excluding steroid dienone is 2. The van der Waals surface area contributed by atoms with E-state index in [4.69, 9.17) is 9.66 Å². The van der Waals surface area contributed by atoms with E-state index in [1.54, 1.807) is 23.6 Å². The summed E-state index contributed by atoms with van der Waals surface area (Å²) < 4.78 is 8.85. The molecule has 0 saturated heterocycles. The molecule has 1 aliphatic heterocycles. The van der Waals surface area contributed by atoms with Gasteiger partial charge in [0, 0.05) is 0 Å². The lowest BCUT2D eigenvalue weighted by Gasteiger charge is -2.15. The van der Waals surface area contributed by atoms with Crippen LogP contribution in [-0.2, 0) is 0 Å². The average Bonchev–Trinajstić information content (AvgIpc) is 1.77. The minimum absolute atomic E-state index is 0.644. The maximum atomic E-state index is 8.85. The largest absolute Gasteiger partial charge is 0.378 e. The average molecular weight is 132 g/mol. The number of thiol groups is 1. The molecule has 46 valence electrons. The molecule has 2 atom stereocenters. The predicted molar refractivity (Wildman–Crippen MR) is 35.9 cm³/mol. The summed E-state index contributed by atoms with van der Waals surface area (Å²) in [6.45, 7) is 0. The van der Waals surface area contributed by atoms with Gasteiger partial charge >= 0.3 is 0 Å². The summed E-state index contributed by atoms with van der Waals surface area (Å²) in [6.07, 6.45) is 5.03. The molecule has 0 aromatic rings. The Bertz CT molecular complexity index is 114. The molecule has 0 aromatic carbocycles. The Labute approximate surface area is 50.7 Å². The molecule has 0 radical (unpaired) electrons. The molecule has 2 N–H and O–H groups in total. The van der Waals surface area contributed by atoms with E-state index in [9.17, 15) is 0 Å². The van der Waals surface area contributed by atoms with Gasteiger partial charge in [-0.25, -0.2) is 0 Å². The summed E-state index contributed by atoms with van der Waals surface area (Å²) >= 11 is -1.26. The van der Waals surface area contributed by atoms with Crippen molar-refractivity contribution in [3.8, 4) is 0 Å². The quantitative estimate of drug-likeness (QED) is 0.428. The minimum Gasteiger partial charge on any atom is -0.378 e. The summed E-state index contributed by atoms with van der Waals surface area (Å²) in [7, 11) is 0. The molecule has 1 rings (SSSR count). The third-order valence-corrected chi connectivity index (χ3v) is 2.10. The molecule has 2 unspecified atom stereocenters. The van der Waals surface area contributed by atoms with Crippen molar-refractivity contribution in [3.63, 3.8) is 0 Å². The van der Waals surface area contributed by atoms with Crippen molar-refractivity contribution in [2.45, 2.75) is 5.44 Å². The second kappa shape index (κ2) is 2.35. The Morgan fingerprint density at radius 2 is 2.12 bits per heavy atom. The highest BCUT2D eigenvalue weighted by molar-refractivity contribution is 8.15.